The van der Waals surface area contributed by atoms with Gasteiger partial charge in [0.25, 0.3) is 0 Å². The largest absolute Gasteiger partial charge is 0.489 e. The molecule has 0 aliphatic heterocycles. The second kappa shape index (κ2) is 9.16. The van der Waals surface area contributed by atoms with Gasteiger partial charge in [-0.1, -0.05) is 42.5 Å². The first kappa shape index (κ1) is 15.5. The Morgan fingerprint density at radius 2 is 1.62 bits per heavy atom. The lowest BCUT2D eigenvalue weighted by Gasteiger charge is -2.08. The predicted molar refractivity (Wildman–Crippen MR) is 85.7 cm³/mol. The van der Waals surface area contributed by atoms with Crippen LogP contribution in [0.1, 0.15) is 11.1 Å². The van der Waals surface area contributed by atoms with E-state index >= 15 is 0 Å². The normalized spacial score (nSPS) is 10.5. The quantitative estimate of drug-likeness (QED) is 0.718. The highest BCUT2D eigenvalue weighted by Crippen LogP contribution is 2.14. The van der Waals surface area contributed by atoms with Crippen LogP contribution in [0.3, 0.4) is 0 Å². The lowest BCUT2D eigenvalue weighted by molar-refractivity contribution is 0.199. The number of hydrogen-bond donors (Lipinski definition) is 1. The molecule has 0 saturated heterocycles. The summed E-state index contributed by atoms with van der Waals surface area (Å²) in [6.45, 7) is 3.23. The Bertz CT molecular complexity index is 496. The maximum atomic E-state index is 5.77. The van der Waals surface area contributed by atoms with Gasteiger partial charge in [0.2, 0.25) is 0 Å². The molecule has 2 aromatic rings. The molecule has 0 aromatic heterocycles. The molecule has 0 heterocycles. The molecule has 0 unspecified atom stereocenters. The molecule has 2 rings (SSSR count). The Morgan fingerprint density at radius 1 is 0.857 bits per heavy atom. The van der Waals surface area contributed by atoms with Crippen LogP contribution in [0.4, 0.5) is 0 Å². The summed E-state index contributed by atoms with van der Waals surface area (Å²) in [5.74, 6) is 0.912. The first-order chi connectivity index (χ1) is 10.4. The third-order valence-electron chi connectivity index (χ3n) is 3.25. The average Bonchev–Trinajstić information content (AvgIpc) is 2.55. The van der Waals surface area contributed by atoms with E-state index < -0.39 is 0 Å². The molecule has 0 fully saturated rings. The zero-order valence-electron chi connectivity index (χ0n) is 12.5. The van der Waals surface area contributed by atoms with Crippen LogP contribution in [-0.2, 0) is 17.8 Å². The van der Waals surface area contributed by atoms with E-state index in [0.717, 1.165) is 31.9 Å². The van der Waals surface area contributed by atoms with Crippen molar-refractivity contribution >= 4 is 0 Å². The van der Waals surface area contributed by atoms with Crippen LogP contribution in [0.25, 0.3) is 0 Å². The van der Waals surface area contributed by atoms with Crippen molar-refractivity contribution in [1.29, 1.82) is 0 Å². The minimum Gasteiger partial charge on any atom is -0.489 e. The molecule has 1 N–H and O–H groups in total. The number of benzene rings is 2. The van der Waals surface area contributed by atoms with Gasteiger partial charge in [-0.3, -0.25) is 0 Å². The molecule has 0 bridgehead atoms. The fraction of sp³-hybridized carbons (Fsp3) is 0.333. The van der Waals surface area contributed by atoms with Crippen molar-refractivity contribution in [2.45, 2.75) is 13.0 Å². The molecule has 112 valence electrons. The van der Waals surface area contributed by atoms with Crippen molar-refractivity contribution < 1.29 is 9.47 Å². The maximum Gasteiger partial charge on any atom is 0.119 e. The van der Waals surface area contributed by atoms with Crippen LogP contribution in [0, 0.1) is 0 Å². The van der Waals surface area contributed by atoms with Gasteiger partial charge in [-0.05, 0) is 36.2 Å². The summed E-state index contributed by atoms with van der Waals surface area (Å²) in [6.07, 6.45) is 1.02. The number of hydrogen-bond acceptors (Lipinski definition) is 3. The van der Waals surface area contributed by atoms with E-state index in [1.807, 2.05) is 30.3 Å². The second-order valence-corrected chi connectivity index (χ2v) is 4.91. The Kier molecular flexibility index (Phi) is 6.78. The van der Waals surface area contributed by atoms with Gasteiger partial charge in [-0.25, -0.2) is 0 Å². The average molecular weight is 285 g/mol. The number of rotatable bonds is 9. The highest BCUT2D eigenvalue weighted by Gasteiger charge is 1.97. The molecular weight excluding hydrogens is 262 g/mol. The third kappa shape index (κ3) is 5.98. The van der Waals surface area contributed by atoms with Crippen LogP contribution >= 0.6 is 0 Å². The Labute approximate surface area is 126 Å². The number of methoxy groups -OCH3 is 1. The van der Waals surface area contributed by atoms with E-state index in [2.05, 4.69) is 29.6 Å². The summed E-state index contributed by atoms with van der Waals surface area (Å²) < 4.78 is 10.8. The van der Waals surface area contributed by atoms with Crippen LogP contribution < -0.4 is 10.1 Å². The fourth-order valence-electron chi connectivity index (χ4n) is 2.03. The van der Waals surface area contributed by atoms with Gasteiger partial charge in [-0.15, -0.1) is 0 Å². The number of nitrogens with one attached hydrogen (secondary N) is 1. The standard InChI is InChI=1S/C18H23NO2/c1-20-14-13-19-12-11-16-7-9-18(10-8-16)21-15-17-5-3-2-4-6-17/h2-10,19H,11-15H2,1H3. The summed E-state index contributed by atoms with van der Waals surface area (Å²) in [5.41, 5.74) is 2.50. The van der Waals surface area contributed by atoms with Crippen LogP contribution in [0.5, 0.6) is 5.75 Å². The number of ether oxygens (including phenoxy) is 2. The Hall–Kier alpha value is -1.84. The topological polar surface area (TPSA) is 30.5 Å². The second-order valence-electron chi connectivity index (χ2n) is 4.91. The maximum absolute atomic E-state index is 5.77. The highest BCUT2D eigenvalue weighted by atomic mass is 16.5. The summed E-state index contributed by atoms with van der Waals surface area (Å²) >= 11 is 0. The van der Waals surface area contributed by atoms with E-state index in [9.17, 15) is 0 Å². The Balaban J connectivity index is 1.71. The minimum atomic E-state index is 0.610. The summed E-state index contributed by atoms with van der Waals surface area (Å²) in [6, 6.07) is 18.5. The smallest absolute Gasteiger partial charge is 0.119 e. The zero-order chi connectivity index (χ0) is 14.8. The van der Waals surface area contributed by atoms with Crippen molar-refractivity contribution in [2.24, 2.45) is 0 Å². The van der Waals surface area contributed by atoms with Crippen molar-refractivity contribution in [3.8, 4) is 5.75 Å². The molecule has 3 heteroatoms. The summed E-state index contributed by atoms with van der Waals surface area (Å²) in [5, 5.41) is 3.34. The monoisotopic (exact) mass is 285 g/mol. The first-order valence-corrected chi connectivity index (χ1v) is 7.34. The molecule has 0 saturated carbocycles. The van der Waals surface area contributed by atoms with Crippen LogP contribution in [0.2, 0.25) is 0 Å². The fourth-order valence-corrected chi connectivity index (χ4v) is 2.03. The van der Waals surface area contributed by atoms with Gasteiger partial charge in [0.15, 0.2) is 0 Å². The molecule has 0 aliphatic rings. The first-order valence-electron chi connectivity index (χ1n) is 7.34. The van der Waals surface area contributed by atoms with Crippen LogP contribution in [0.15, 0.2) is 54.6 Å². The van der Waals surface area contributed by atoms with Crippen LogP contribution in [-0.4, -0.2) is 26.8 Å². The van der Waals surface area contributed by atoms with Crippen molar-refractivity contribution in [3.05, 3.63) is 65.7 Å². The summed E-state index contributed by atoms with van der Waals surface area (Å²) in [7, 11) is 1.72. The van der Waals surface area contributed by atoms with E-state index in [1.54, 1.807) is 7.11 Å². The van der Waals surface area contributed by atoms with E-state index in [1.165, 1.54) is 11.1 Å². The molecule has 0 amide bonds. The van der Waals surface area contributed by atoms with Gasteiger partial charge in [-0.2, -0.15) is 0 Å². The van der Waals surface area contributed by atoms with E-state index in [0.29, 0.717) is 6.61 Å². The Morgan fingerprint density at radius 3 is 2.33 bits per heavy atom. The summed E-state index contributed by atoms with van der Waals surface area (Å²) in [4.78, 5) is 0. The van der Waals surface area contributed by atoms with Crippen molar-refractivity contribution in [1.82, 2.24) is 5.32 Å². The molecule has 0 atom stereocenters. The molecule has 0 radical (unpaired) electrons. The molecule has 3 nitrogen and oxygen atoms in total. The molecule has 21 heavy (non-hydrogen) atoms. The van der Waals surface area contributed by atoms with Crippen molar-refractivity contribution in [3.63, 3.8) is 0 Å². The third-order valence-corrected chi connectivity index (χ3v) is 3.25. The van der Waals surface area contributed by atoms with Gasteiger partial charge >= 0.3 is 0 Å². The predicted octanol–water partition coefficient (Wildman–Crippen LogP) is 3.04. The SMILES string of the molecule is COCCNCCc1ccc(OCc2ccccc2)cc1. The van der Waals surface area contributed by atoms with Gasteiger partial charge in [0, 0.05) is 13.7 Å². The van der Waals surface area contributed by atoms with E-state index in [4.69, 9.17) is 9.47 Å². The highest BCUT2D eigenvalue weighted by molar-refractivity contribution is 5.28. The lowest BCUT2D eigenvalue weighted by atomic mass is 10.1. The molecule has 0 aliphatic carbocycles. The molecule has 2 aromatic carbocycles. The zero-order valence-corrected chi connectivity index (χ0v) is 12.5. The van der Waals surface area contributed by atoms with E-state index in [-0.39, 0.29) is 0 Å². The molecular formula is C18H23NO2. The lowest BCUT2D eigenvalue weighted by Crippen LogP contribution is -2.21. The minimum absolute atomic E-state index is 0.610. The van der Waals surface area contributed by atoms with Gasteiger partial charge in [0.1, 0.15) is 12.4 Å². The van der Waals surface area contributed by atoms with Gasteiger partial charge < -0.3 is 14.8 Å². The van der Waals surface area contributed by atoms with Gasteiger partial charge in [0.05, 0.1) is 6.61 Å². The molecule has 0 spiro atoms. The van der Waals surface area contributed by atoms with Crippen molar-refractivity contribution in [2.75, 3.05) is 26.8 Å².